The summed E-state index contributed by atoms with van der Waals surface area (Å²) in [5.41, 5.74) is 8.09. The highest BCUT2D eigenvalue weighted by atomic mass is 16.3. The number of aryl methyl sites for hydroxylation is 1. The smallest absolute Gasteiger partial charge is 0.242 e. The lowest BCUT2D eigenvalue weighted by Crippen LogP contribution is -2.54. The highest BCUT2D eigenvalue weighted by Gasteiger charge is 2.35. The Labute approximate surface area is 148 Å². The van der Waals surface area contributed by atoms with Gasteiger partial charge in [-0.25, -0.2) is 0 Å². The second-order valence-corrected chi connectivity index (χ2v) is 7.31. The van der Waals surface area contributed by atoms with Gasteiger partial charge in [0, 0.05) is 31.6 Å². The van der Waals surface area contributed by atoms with Crippen LogP contribution in [0.3, 0.4) is 0 Å². The molecule has 1 aromatic rings. The number of hydrogen-bond donors (Lipinski definition) is 2. The standard InChI is InChI=1S/C19H27N3O3/c1-13-3-2-4-14(9-13)11-21-7-8-22(12-18(21)24)19(25)15-5-6-16(20)17(23)10-15/h2-4,9,15-17,23H,5-8,10-12,20H2,1H3/t15-,16+,17+/m0/s1. The Bertz CT molecular complexity index is 649. The summed E-state index contributed by atoms with van der Waals surface area (Å²) in [6, 6.07) is 7.89. The third kappa shape index (κ3) is 4.19. The van der Waals surface area contributed by atoms with Crippen molar-refractivity contribution in [3.8, 4) is 0 Å². The molecule has 1 aliphatic heterocycles. The molecule has 1 heterocycles. The Morgan fingerprint density at radius 1 is 1.32 bits per heavy atom. The van der Waals surface area contributed by atoms with Gasteiger partial charge in [-0.3, -0.25) is 9.59 Å². The van der Waals surface area contributed by atoms with Crippen LogP contribution in [0.5, 0.6) is 0 Å². The highest BCUT2D eigenvalue weighted by Crippen LogP contribution is 2.26. The van der Waals surface area contributed by atoms with E-state index in [1.165, 1.54) is 5.56 Å². The summed E-state index contributed by atoms with van der Waals surface area (Å²) >= 11 is 0. The summed E-state index contributed by atoms with van der Waals surface area (Å²) < 4.78 is 0. The van der Waals surface area contributed by atoms with Gasteiger partial charge in [-0.2, -0.15) is 0 Å². The molecular weight excluding hydrogens is 318 g/mol. The van der Waals surface area contributed by atoms with Crippen LogP contribution in [-0.4, -0.2) is 58.5 Å². The second-order valence-electron chi connectivity index (χ2n) is 7.31. The molecule has 25 heavy (non-hydrogen) atoms. The average Bonchev–Trinajstić information content (AvgIpc) is 2.58. The van der Waals surface area contributed by atoms with Gasteiger partial charge in [0.25, 0.3) is 0 Å². The predicted octanol–water partition coefficient (Wildman–Crippen LogP) is 0.654. The molecule has 0 radical (unpaired) electrons. The van der Waals surface area contributed by atoms with Crippen LogP contribution in [0.4, 0.5) is 0 Å². The lowest BCUT2D eigenvalue weighted by Gasteiger charge is -2.38. The number of hydrogen-bond acceptors (Lipinski definition) is 4. The summed E-state index contributed by atoms with van der Waals surface area (Å²) in [5, 5.41) is 9.90. The average molecular weight is 345 g/mol. The normalized spacial score (nSPS) is 27.5. The van der Waals surface area contributed by atoms with Crippen LogP contribution in [0.1, 0.15) is 30.4 Å². The topological polar surface area (TPSA) is 86.9 Å². The van der Waals surface area contributed by atoms with E-state index >= 15 is 0 Å². The Morgan fingerprint density at radius 2 is 2.12 bits per heavy atom. The molecule has 1 saturated carbocycles. The molecule has 0 unspecified atom stereocenters. The third-order valence-electron chi connectivity index (χ3n) is 5.30. The van der Waals surface area contributed by atoms with Crippen molar-refractivity contribution in [3.63, 3.8) is 0 Å². The van der Waals surface area contributed by atoms with Crippen LogP contribution in [0.25, 0.3) is 0 Å². The first kappa shape index (κ1) is 17.9. The summed E-state index contributed by atoms with van der Waals surface area (Å²) in [5.74, 6) is -0.255. The third-order valence-corrected chi connectivity index (χ3v) is 5.30. The molecule has 0 spiro atoms. The largest absolute Gasteiger partial charge is 0.391 e. The number of benzene rings is 1. The van der Waals surface area contributed by atoms with E-state index in [-0.39, 0.29) is 30.3 Å². The summed E-state index contributed by atoms with van der Waals surface area (Å²) in [7, 11) is 0. The fourth-order valence-corrected chi connectivity index (χ4v) is 3.75. The van der Waals surface area contributed by atoms with Gasteiger partial charge in [-0.1, -0.05) is 29.8 Å². The minimum absolute atomic E-state index is 0.0190. The number of rotatable bonds is 3. The van der Waals surface area contributed by atoms with Crippen LogP contribution in [-0.2, 0) is 16.1 Å². The number of nitrogens with two attached hydrogens (primary N) is 1. The van der Waals surface area contributed by atoms with E-state index in [0.717, 1.165) is 5.56 Å². The zero-order valence-corrected chi connectivity index (χ0v) is 14.7. The number of carbonyl (C=O) groups excluding carboxylic acids is 2. The molecule has 2 fully saturated rings. The SMILES string of the molecule is Cc1cccc(CN2CCN(C(=O)[C@H]3CC[C@@H](N)[C@H](O)C3)CC2=O)c1. The van der Waals surface area contributed by atoms with Gasteiger partial charge in [0.15, 0.2) is 0 Å². The monoisotopic (exact) mass is 345 g/mol. The maximum atomic E-state index is 12.7. The number of aliphatic hydroxyl groups is 1. The second kappa shape index (κ2) is 7.54. The Kier molecular flexibility index (Phi) is 5.39. The highest BCUT2D eigenvalue weighted by molar-refractivity contribution is 5.87. The number of carbonyl (C=O) groups is 2. The molecule has 3 atom stereocenters. The molecule has 6 nitrogen and oxygen atoms in total. The van der Waals surface area contributed by atoms with Crippen LogP contribution < -0.4 is 5.73 Å². The van der Waals surface area contributed by atoms with E-state index in [9.17, 15) is 14.7 Å². The van der Waals surface area contributed by atoms with E-state index in [0.29, 0.717) is 38.9 Å². The summed E-state index contributed by atoms with van der Waals surface area (Å²) in [6.07, 6.45) is 1.12. The number of piperazine rings is 1. The van der Waals surface area contributed by atoms with E-state index in [1.54, 1.807) is 4.90 Å². The van der Waals surface area contributed by atoms with Crippen LogP contribution in [0.15, 0.2) is 24.3 Å². The first-order valence-corrected chi connectivity index (χ1v) is 9.00. The lowest BCUT2D eigenvalue weighted by atomic mass is 9.83. The minimum atomic E-state index is -0.624. The quantitative estimate of drug-likeness (QED) is 0.842. The van der Waals surface area contributed by atoms with Crippen molar-refractivity contribution in [1.29, 1.82) is 0 Å². The molecule has 3 rings (SSSR count). The van der Waals surface area contributed by atoms with Crippen molar-refractivity contribution in [2.75, 3.05) is 19.6 Å². The molecule has 0 aromatic heterocycles. The molecule has 1 aromatic carbocycles. The Hall–Kier alpha value is -1.92. The number of amides is 2. The van der Waals surface area contributed by atoms with Crippen molar-refractivity contribution in [2.24, 2.45) is 11.7 Å². The molecule has 2 amide bonds. The van der Waals surface area contributed by atoms with Crippen LogP contribution >= 0.6 is 0 Å². The molecule has 1 saturated heterocycles. The van der Waals surface area contributed by atoms with E-state index in [1.807, 2.05) is 30.0 Å². The zero-order valence-electron chi connectivity index (χ0n) is 14.7. The maximum Gasteiger partial charge on any atom is 0.242 e. The van der Waals surface area contributed by atoms with E-state index in [2.05, 4.69) is 6.07 Å². The van der Waals surface area contributed by atoms with Crippen molar-refractivity contribution >= 4 is 11.8 Å². The number of aliphatic hydroxyl groups excluding tert-OH is 1. The van der Waals surface area contributed by atoms with Gasteiger partial charge >= 0.3 is 0 Å². The van der Waals surface area contributed by atoms with Gasteiger partial charge in [0.2, 0.25) is 11.8 Å². The van der Waals surface area contributed by atoms with Crippen LogP contribution in [0.2, 0.25) is 0 Å². The van der Waals surface area contributed by atoms with Crippen LogP contribution in [0, 0.1) is 12.8 Å². The fraction of sp³-hybridized carbons (Fsp3) is 0.579. The zero-order chi connectivity index (χ0) is 18.0. The van der Waals surface area contributed by atoms with Gasteiger partial charge in [0.1, 0.15) is 0 Å². The number of nitrogens with zero attached hydrogens (tertiary/aromatic N) is 2. The van der Waals surface area contributed by atoms with Crippen molar-refractivity contribution in [2.45, 2.75) is 44.9 Å². The van der Waals surface area contributed by atoms with Crippen molar-refractivity contribution < 1.29 is 14.7 Å². The van der Waals surface area contributed by atoms with Gasteiger partial charge in [-0.15, -0.1) is 0 Å². The first-order chi connectivity index (χ1) is 11.9. The maximum absolute atomic E-state index is 12.7. The molecule has 6 heteroatoms. The van der Waals surface area contributed by atoms with Gasteiger partial charge in [0.05, 0.1) is 12.6 Å². The molecular formula is C19H27N3O3. The molecule has 136 valence electrons. The molecule has 2 aliphatic rings. The first-order valence-electron chi connectivity index (χ1n) is 9.00. The van der Waals surface area contributed by atoms with Gasteiger partial charge < -0.3 is 20.6 Å². The fourth-order valence-electron chi connectivity index (χ4n) is 3.75. The van der Waals surface area contributed by atoms with Gasteiger partial charge in [-0.05, 0) is 31.7 Å². The Balaban J connectivity index is 1.56. The summed E-state index contributed by atoms with van der Waals surface area (Å²) in [4.78, 5) is 28.6. The van der Waals surface area contributed by atoms with E-state index in [4.69, 9.17) is 5.73 Å². The molecule has 3 N–H and O–H groups in total. The molecule has 0 bridgehead atoms. The predicted molar refractivity (Wildman–Crippen MR) is 94.5 cm³/mol. The summed E-state index contributed by atoms with van der Waals surface area (Å²) in [6.45, 7) is 3.84. The van der Waals surface area contributed by atoms with E-state index < -0.39 is 6.10 Å². The molecule has 1 aliphatic carbocycles. The van der Waals surface area contributed by atoms with Crippen molar-refractivity contribution in [1.82, 2.24) is 9.80 Å². The Morgan fingerprint density at radius 3 is 2.80 bits per heavy atom. The van der Waals surface area contributed by atoms with Crippen molar-refractivity contribution in [3.05, 3.63) is 35.4 Å². The minimum Gasteiger partial charge on any atom is -0.391 e. The lowest BCUT2D eigenvalue weighted by molar-refractivity contribution is -0.149.